The zero-order valence-electron chi connectivity index (χ0n) is 8.26. The van der Waals surface area contributed by atoms with Gasteiger partial charge in [-0.2, -0.15) is 0 Å². The minimum absolute atomic E-state index is 0.214. The summed E-state index contributed by atoms with van der Waals surface area (Å²) in [5, 5.41) is 0. The summed E-state index contributed by atoms with van der Waals surface area (Å²) in [4.78, 5) is 10.3. The van der Waals surface area contributed by atoms with E-state index in [-0.39, 0.29) is 13.2 Å². The van der Waals surface area contributed by atoms with Crippen molar-refractivity contribution in [2.75, 3.05) is 13.2 Å². The van der Waals surface area contributed by atoms with Crippen LogP contribution in [0.5, 0.6) is 0 Å². The minimum Gasteiger partial charge on any atom is -0.457 e. The fourth-order valence-electron chi connectivity index (χ4n) is 1.17. The van der Waals surface area contributed by atoms with Gasteiger partial charge in [0.25, 0.3) is 6.47 Å². The molecule has 3 nitrogen and oxygen atoms in total. The number of hydrogen-bond acceptors (Lipinski definition) is 3. The van der Waals surface area contributed by atoms with E-state index >= 15 is 0 Å². The maximum Gasteiger partial charge on any atom is 0.293 e. The summed E-state index contributed by atoms with van der Waals surface area (Å²) in [6.45, 7) is 0.898. The molecule has 0 amide bonds. The van der Waals surface area contributed by atoms with Gasteiger partial charge in [0.05, 0.1) is 6.61 Å². The molecule has 0 aliphatic heterocycles. The van der Waals surface area contributed by atoms with E-state index in [4.69, 9.17) is 15.9 Å². The summed E-state index contributed by atoms with van der Waals surface area (Å²) >= 11 is 0. The van der Waals surface area contributed by atoms with Gasteiger partial charge in [-0.3, -0.25) is 4.79 Å². The van der Waals surface area contributed by atoms with Crippen LogP contribution in [-0.4, -0.2) is 19.7 Å². The van der Waals surface area contributed by atoms with Crippen LogP contribution < -0.4 is 0 Å². The summed E-state index contributed by atoms with van der Waals surface area (Å²) in [6.07, 6.45) is 4.65. The van der Waals surface area contributed by atoms with Crippen LogP contribution in [0.4, 0.5) is 0 Å². The summed E-state index contributed by atoms with van der Waals surface area (Å²) in [6, 6.07) is 9.37. The number of carbonyl (C=O) groups excluding carboxylic acids is 1. The second kappa shape index (κ2) is 6.63. The normalized spacial score (nSPS) is 11.4. The molecule has 0 fully saturated rings. The van der Waals surface area contributed by atoms with Crippen molar-refractivity contribution in [2.45, 2.75) is 6.10 Å². The lowest BCUT2D eigenvalue weighted by atomic mass is 10.1. The third-order valence-corrected chi connectivity index (χ3v) is 1.85. The summed E-state index contributed by atoms with van der Waals surface area (Å²) in [7, 11) is 0. The van der Waals surface area contributed by atoms with Crippen molar-refractivity contribution in [1.29, 1.82) is 0 Å². The average molecular weight is 204 g/mol. The average Bonchev–Trinajstić information content (AvgIpc) is 2.29. The van der Waals surface area contributed by atoms with Gasteiger partial charge in [-0.05, 0) is 5.56 Å². The number of ether oxygens (including phenoxy) is 2. The maximum atomic E-state index is 10.3. The fraction of sp³-hybridized carbons (Fsp3) is 0.250. The number of carbonyl (C=O) groups is 1. The lowest BCUT2D eigenvalue weighted by Crippen LogP contribution is -2.11. The first-order valence-corrected chi connectivity index (χ1v) is 4.53. The smallest absolute Gasteiger partial charge is 0.293 e. The molecule has 0 radical (unpaired) electrons. The van der Waals surface area contributed by atoms with E-state index < -0.39 is 6.10 Å². The quantitative estimate of drug-likeness (QED) is 0.400. The lowest BCUT2D eigenvalue weighted by molar-refractivity contribution is -0.136. The Morgan fingerprint density at radius 3 is 2.73 bits per heavy atom. The van der Waals surface area contributed by atoms with Crippen LogP contribution in [0.2, 0.25) is 0 Å². The molecule has 1 aromatic carbocycles. The lowest BCUT2D eigenvalue weighted by Gasteiger charge is -2.14. The number of terminal acetylenes is 1. The van der Waals surface area contributed by atoms with Gasteiger partial charge in [0.1, 0.15) is 12.7 Å². The monoisotopic (exact) mass is 204 g/mol. The molecular weight excluding hydrogens is 192 g/mol. The predicted molar refractivity (Wildman–Crippen MR) is 56.0 cm³/mol. The van der Waals surface area contributed by atoms with Crippen LogP contribution in [0.15, 0.2) is 30.3 Å². The highest BCUT2D eigenvalue weighted by Crippen LogP contribution is 2.16. The third kappa shape index (κ3) is 3.84. The Balaban J connectivity index is 2.58. The molecule has 1 unspecified atom stereocenters. The molecule has 0 saturated heterocycles. The molecule has 0 N–H and O–H groups in total. The second-order valence-corrected chi connectivity index (χ2v) is 2.85. The first-order chi connectivity index (χ1) is 7.38. The van der Waals surface area contributed by atoms with Gasteiger partial charge >= 0.3 is 0 Å². The van der Waals surface area contributed by atoms with Crippen molar-refractivity contribution < 1.29 is 14.3 Å². The van der Waals surface area contributed by atoms with E-state index in [9.17, 15) is 4.79 Å². The van der Waals surface area contributed by atoms with Crippen molar-refractivity contribution in [3.05, 3.63) is 35.9 Å². The van der Waals surface area contributed by atoms with Gasteiger partial charge in [0.15, 0.2) is 0 Å². The molecule has 0 aliphatic rings. The van der Waals surface area contributed by atoms with E-state index in [1.807, 2.05) is 30.3 Å². The predicted octanol–water partition coefficient (Wildman–Crippen LogP) is 1.55. The largest absolute Gasteiger partial charge is 0.457 e. The van der Waals surface area contributed by atoms with Crippen molar-refractivity contribution in [2.24, 2.45) is 0 Å². The van der Waals surface area contributed by atoms with Crippen LogP contribution in [0.25, 0.3) is 0 Å². The topological polar surface area (TPSA) is 35.5 Å². The first-order valence-electron chi connectivity index (χ1n) is 4.53. The molecule has 1 rings (SSSR count). The molecular formula is C12H12O3. The van der Waals surface area contributed by atoms with E-state index in [0.29, 0.717) is 6.47 Å². The van der Waals surface area contributed by atoms with E-state index in [1.165, 1.54) is 0 Å². The molecule has 3 heteroatoms. The Labute approximate surface area is 89.0 Å². The van der Waals surface area contributed by atoms with Crippen molar-refractivity contribution in [3.8, 4) is 12.3 Å². The van der Waals surface area contributed by atoms with Crippen LogP contribution in [-0.2, 0) is 14.3 Å². The molecule has 1 atom stereocenters. The number of rotatable bonds is 6. The molecule has 0 bridgehead atoms. The van der Waals surface area contributed by atoms with E-state index in [1.54, 1.807) is 0 Å². The number of benzene rings is 1. The Bertz CT molecular complexity index is 326. The van der Waals surface area contributed by atoms with Crippen LogP contribution in [0, 0.1) is 12.3 Å². The summed E-state index contributed by atoms with van der Waals surface area (Å²) in [5.41, 5.74) is 0.890. The number of hydrogen-bond donors (Lipinski definition) is 0. The van der Waals surface area contributed by atoms with Crippen LogP contribution in [0.3, 0.4) is 0 Å². The SMILES string of the molecule is C#CCOCC(OC=O)c1ccccc1. The Hall–Kier alpha value is -1.79. The standard InChI is InChI=1S/C12H12O3/c1-2-8-14-9-12(15-10-13)11-6-4-3-5-7-11/h1,3-7,10,12H,8-9H2. The highest BCUT2D eigenvalue weighted by molar-refractivity contribution is 5.38. The molecule has 1 aromatic rings. The summed E-state index contributed by atoms with van der Waals surface area (Å²) in [5.74, 6) is 2.35. The van der Waals surface area contributed by atoms with Crippen molar-refractivity contribution in [1.82, 2.24) is 0 Å². The van der Waals surface area contributed by atoms with Gasteiger partial charge < -0.3 is 9.47 Å². The summed E-state index contributed by atoms with van der Waals surface area (Å²) < 4.78 is 10.0. The molecule has 0 saturated carbocycles. The Kier molecular flexibility index (Phi) is 4.99. The molecule has 0 aliphatic carbocycles. The maximum absolute atomic E-state index is 10.3. The van der Waals surface area contributed by atoms with Gasteiger partial charge in [0, 0.05) is 0 Å². The molecule has 0 aromatic heterocycles. The Morgan fingerprint density at radius 2 is 2.13 bits per heavy atom. The molecule has 78 valence electrons. The Morgan fingerprint density at radius 1 is 1.40 bits per heavy atom. The van der Waals surface area contributed by atoms with E-state index in [0.717, 1.165) is 5.56 Å². The van der Waals surface area contributed by atoms with Gasteiger partial charge in [-0.1, -0.05) is 36.3 Å². The zero-order chi connectivity index (χ0) is 10.9. The van der Waals surface area contributed by atoms with Gasteiger partial charge in [0.2, 0.25) is 0 Å². The molecule has 0 heterocycles. The third-order valence-electron chi connectivity index (χ3n) is 1.85. The van der Waals surface area contributed by atoms with Crippen LogP contribution >= 0.6 is 0 Å². The molecule has 15 heavy (non-hydrogen) atoms. The zero-order valence-corrected chi connectivity index (χ0v) is 8.26. The van der Waals surface area contributed by atoms with E-state index in [2.05, 4.69) is 5.92 Å². The van der Waals surface area contributed by atoms with Gasteiger partial charge in [-0.15, -0.1) is 6.42 Å². The highest BCUT2D eigenvalue weighted by atomic mass is 16.6. The van der Waals surface area contributed by atoms with Crippen molar-refractivity contribution >= 4 is 6.47 Å². The first kappa shape index (κ1) is 11.3. The van der Waals surface area contributed by atoms with Gasteiger partial charge in [-0.25, -0.2) is 0 Å². The highest BCUT2D eigenvalue weighted by Gasteiger charge is 2.11. The van der Waals surface area contributed by atoms with Crippen molar-refractivity contribution in [3.63, 3.8) is 0 Å². The minimum atomic E-state index is -0.392. The fourth-order valence-corrected chi connectivity index (χ4v) is 1.17. The second-order valence-electron chi connectivity index (χ2n) is 2.85. The molecule has 0 spiro atoms. The van der Waals surface area contributed by atoms with Crippen LogP contribution in [0.1, 0.15) is 11.7 Å².